The second-order valence-electron chi connectivity index (χ2n) is 5.82. The van der Waals surface area contributed by atoms with Gasteiger partial charge in [-0.3, -0.25) is 9.59 Å². The number of benzene rings is 2. The highest BCUT2D eigenvalue weighted by Gasteiger charge is 2.12. The van der Waals surface area contributed by atoms with Gasteiger partial charge in [0.05, 0.1) is 17.9 Å². The average Bonchev–Trinajstić information content (AvgIpc) is 2.62. The number of aryl methyl sites for hydroxylation is 1. The van der Waals surface area contributed by atoms with Crippen LogP contribution in [0, 0.1) is 12.7 Å². The van der Waals surface area contributed by atoms with Gasteiger partial charge in [-0.25, -0.2) is 4.39 Å². The van der Waals surface area contributed by atoms with Crippen LogP contribution in [-0.2, 0) is 4.79 Å². The predicted molar refractivity (Wildman–Crippen MR) is 98.9 cm³/mol. The SMILES string of the molecule is CCOc1ccccc1C(=O)NCCCC(=O)Nc1cc(C)ccc1F. The Bertz CT molecular complexity index is 777. The van der Waals surface area contributed by atoms with Crippen molar-refractivity contribution < 1.29 is 18.7 Å². The van der Waals surface area contributed by atoms with E-state index in [-0.39, 0.29) is 23.9 Å². The number of hydrogen-bond acceptors (Lipinski definition) is 3. The summed E-state index contributed by atoms with van der Waals surface area (Å²) in [6.07, 6.45) is 0.628. The molecule has 0 aliphatic heterocycles. The van der Waals surface area contributed by atoms with Crippen molar-refractivity contribution in [2.45, 2.75) is 26.7 Å². The van der Waals surface area contributed by atoms with Crippen molar-refractivity contribution in [3.05, 3.63) is 59.4 Å². The van der Waals surface area contributed by atoms with Crippen LogP contribution in [0.25, 0.3) is 0 Å². The summed E-state index contributed by atoms with van der Waals surface area (Å²) >= 11 is 0. The molecule has 0 aromatic heterocycles. The number of halogens is 1. The Balaban J connectivity index is 1.79. The Labute approximate surface area is 152 Å². The molecular weight excluding hydrogens is 335 g/mol. The highest BCUT2D eigenvalue weighted by molar-refractivity contribution is 5.97. The Hall–Kier alpha value is -2.89. The van der Waals surface area contributed by atoms with Crippen LogP contribution in [0.4, 0.5) is 10.1 Å². The molecule has 6 heteroatoms. The van der Waals surface area contributed by atoms with Gasteiger partial charge in [-0.1, -0.05) is 18.2 Å². The van der Waals surface area contributed by atoms with Crippen LogP contribution in [-0.4, -0.2) is 25.0 Å². The van der Waals surface area contributed by atoms with E-state index in [0.717, 1.165) is 5.56 Å². The Morgan fingerprint density at radius 3 is 2.69 bits per heavy atom. The number of carbonyl (C=O) groups is 2. The van der Waals surface area contributed by atoms with Crippen LogP contribution < -0.4 is 15.4 Å². The van der Waals surface area contributed by atoms with Gasteiger partial charge in [-0.05, 0) is 50.1 Å². The molecular formula is C20H23FN2O3. The van der Waals surface area contributed by atoms with Crippen LogP contribution in [0.2, 0.25) is 0 Å². The van der Waals surface area contributed by atoms with E-state index in [2.05, 4.69) is 10.6 Å². The van der Waals surface area contributed by atoms with Crippen LogP contribution in [0.1, 0.15) is 35.7 Å². The third-order valence-corrected chi connectivity index (χ3v) is 3.69. The van der Waals surface area contributed by atoms with Crippen molar-refractivity contribution in [1.29, 1.82) is 0 Å². The maximum Gasteiger partial charge on any atom is 0.255 e. The van der Waals surface area contributed by atoms with Gasteiger partial charge in [0.25, 0.3) is 5.91 Å². The molecule has 2 N–H and O–H groups in total. The number of rotatable bonds is 8. The molecule has 0 atom stereocenters. The fraction of sp³-hybridized carbons (Fsp3) is 0.300. The smallest absolute Gasteiger partial charge is 0.255 e. The molecule has 2 aromatic rings. The molecule has 0 bridgehead atoms. The quantitative estimate of drug-likeness (QED) is 0.708. The van der Waals surface area contributed by atoms with Gasteiger partial charge in [0.2, 0.25) is 5.91 Å². The van der Waals surface area contributed by atoms with Crippen molar-refractivity contribution in [2.75, 3.05) is 18.5 Å². The summed E-state index contributed by atoms with van der Waals surface area (Å²) in [7, 11) is 0. The first-order chi connectivity index (χ1) is 12.5. The van der Waals surface area contributed by atoms with E-state index in [1.165, 1.54) is 6.07 Å². The molecule has 2 aromatic carbocycles. The van der Waals surface area contributed by atoms with E-state index < -0.39 is 5.82 Å². The van der Waals surface area contributed by atoms with Gasteiger partial charge in [0, 0.05) is 13.0 Å². The molecule has 0 aliphatic carbocycles. The van der Waals surface area contributed by atoms with Crippen LogP contribution >= 0.6 is 0 Å². The lowest BCUT2D eigenvalue weighted by Gasteiger charge is -2.10. The predicted octanol–water partition coefficient (Wildman–Crippen LogP) is 3.68. The summed E-state index contributed by atoms with van der Waals surface area (Å²) < 4.78 is 19.1. The van der Waals surface area contributed by atoms with Crippen molar-refractivity contribution >= 4 is 17.5 Å². The topological polar surface area (TPSA) is 67.4 Å². The molecule has 0 saturated heterocycles. The zero-order valence-corrected chi connectivity index (χ0v) is 15.0. The molecule has 2 rings (SSSR count). The first kappa shape index (κ1) is 19.4. The minimum atomic E-state index is -0.468. The fourth-order valence-corrected chi connectivity index (χ4v) is 2.43. The van der Waals surface area contributed by atoms with E-state index in [0.29, 0.717) is 30.9 Å². The van der Waals surface area contributed by atoms with Crippen molar-refractivity contribution in [1.82, 2.24) is 5.32 Å². The van der Waals surface area contributed by atoms with Gasteiger partial charge >= 0.3 is 0 Å². The molecule has 0 spiro atoms. The third kappa shape index (κ3) is 5.58. The minimum absolute atomic E-state index is 0.171. The Kier molecular flexibility index (Phi) is 7.14. The van der Waals surface area contributed by atoms with E-state index in [4.69, 9.17) is 4.74 Å². The fourth-order valence-electron chi connectivity index (χ4n) is 2.43. The molecule has 0 aliphatic rings. The summed E-state index contributed by atoms with van der Waals surface area (Å²) in [6.45, 7) is 4.48. The Morgan fingerprint density at radius 1 is 1.15 bits per heavy atom. The van der Waals surface area contributed by atoms with Gasteiger partial charge in [-0.2, -0.15) is 0 Å². The molecule has 5 nitrogen and oxygen atoms in total. The van der Waals surface area contributed by atoms with Crippen molar-refractivity contribution in [2.24, 2.45) is 0 Å². The van der Waals surface area contributed by atoms with Crippen molar-refractivity contribution in [3.8, 4) is 5.75 Å². The molecule has 0 heterocycles. The minimum Gasteiger partial charge on any atom is -0.493 e. The van der Waals surface area contributed by atoms with Gasteiger partial charge in [0.15, 0.2) is 0 Å². The van der Waals surface area contributed by atoms with E-state index in [1.54, 1.807) is 36.4 Å². The lowest BCUT2D eigenvalue weighted by atomic mass is 10.2. The Morgan fingerprint density at radius 2 is 1.92 bits per heavy atom. The molecule has 2 amide bonds. The van der Waals surface area contributed by atoms with Gasteiger partial charge < -0.3 is 15.4 Å². The third-order valence-electron chi connectivity index (χ3n) is 3.69. The molecule has 138 valence electrons. The monoisotopic (exact) mass is 358 g/mol. The van der Waals surface area contributed by atoms with E-state index >= 15 is 0 Å². The lowest BCUT2D eigenvalue weighted by molar-refractivity contribution is -0.116. The number of amides is 2. The number of carbonyl (C=O) groups excluding carboxylic acids is 2. The van der Waals surface area contributed by atoms with Gasteiger partial charge in [0.1, 0.15) is 11.6 Å². The second-order valence-corrected chi connectivity index (χ2v) is 5.82. The summed E-state index contributed by atoms with van der Waals surface area (Å²) in [4.78, 5) is 24.1. The zero-order chi connectivity index (χ0) is 18.9. The molecule has 0 radical (unpaired) electrons. The molecule has 0 saturated carbocycles. The van der Waals surface area contributed by atoms with Crippen molar-refractivity contribution in [3.63, 3.8) is 0 Å². The number of anilines is 1. The van der Waals surface area contributed by atoms with Crippen LogP contribution in [0.15, 0.2) is 42.5 Å². The standard InChI is InChI=1S/C20H23FN2O3/c1-3-26-18-8-5-4-7-15(18)20(25)22-12-6-9-19(24)23-17-13-14(2)10-11-16(17)21/h4-5,7-8,10-11,13H,3,6,9,12H2,1-2H3,(H,22,25)(H,23,24). The molecule has 26 heavy (non-hydrogen) atoms. The maximum atomic E-state index is 13.6. The molecule has 0 unspecified atom stereocenters. The first-order valence-corrected chi connectivity index (χ1v) is 8.57. The van der Waals surface area contributed by atoms with Crippen LogP contribution in [0.5, 0.6) is 5.75 Å². The van der Waals surface area contributed by atoms with Gasteiger partial charge in [-0.15, -0.1) is 0 Å². The summed E-state index contributed by atoms with van der Waals surface area (Å²) in [5.41, 5.74) is 1.49. The number of nitrogens with one attached hydrogen (secondary N) is 2. The highest BCUT2D eigenvalue weighted by Crippen LogP contribution is 2.18. The summed E-state index contributed by atoms with van der Waals surface area (Å²) in [5.74, 6) is -0.484. The molecule has 0 fully saturated rings. The average molecular weight is 358 g/mol. The number of para-hydroxylation sites is 1. The van der Waals surface area contributed by atoms with Crippen LogP contribution in [0.3, 0.4) is 0 Å². The first-order valence-electron chi connectivity index (χ1n) is 8.57. The summed E-state index contributed by atoms with van der Waals surface area (Å²) in [5, 5.41) is 5.31. The number of ether oxygens (including phenoxy) is 1. The van der Waals surface area contributed by atoms with E-state index in [9.17, 15) is 14.0 Å². The lowest BCUT2D eigenvalue weighted by Crippen LogP contribution is -2.26. The maximum absolute atomic E-state index is 13.6. The summed E-state index contributed by atoms with van der Waals surface area (Å²) in [6, 6.07) is 11.5. The normalized spacial score (nSPS) is 10.3. The second kappa shape index (κ2) is 9.56. The zero-order valence-electron chi connectivity index (χ0n) is 15.0. The largest absolute Gasteiger partial charge is 0.493 e. The van der Waals surface area contributed by atoms with E-state index in [1.807, 2.05) is 13.8 Å². The number of hydrogen-bond donors (Lipinski definition) is 2. The highest BCUT2D eigenvalue weighted by atomic mass is 19.1.